The summed E-state index contributed by atoms with van der Waals surface area (Å²) < 4.78 is 5.72. The standard InChI is InChI=1S/C25H32N2O3/c1-19-9-8-14-23(17-19)30-18-24(28)27(16-15-21-10-4-3-5-11-21)20(2)25(29)26-22-12-6-7-13-22/h3-5,8-11,14,17,20,22H,6-7,12-13,15-16,18H2,1-2H3,(H,26,29). The molecule has 1 unspecified atom stereocenters. The number of carbonyl (C=O) groups excluding carboxylic acids is 2. The molecule has 1 saturated carbocycles. The third-order valence-corrected chi connectivity index (χ3v) is 5.70. The summed E-state index contributed by atoms with van der Waals surface area (Å²) in [5.41, 5.74) is 2.21. The van der Waals surface area contributed by atoms with Crippen LogP contribution in [0.15, 0.2) is 54.6 Å². The Bertz CT molecular complexity index is 831. The molecule has 0 bridgehead atoms. The summed E-state index contributed by atoms with van der Waals surface area (Å²) in [5.74, 6) is 0.398. The van der Waals surface area contributed by atoms with Crippen LogP contribution >= 0.6 is 0 Å². The van der Waals surface area contributed by atoms with Crippen molar-refractivity contribution in [2.24, 2.45) is 0 Å². The van der Waals surface area contributed by atoms with Crippen LogP contribution in [0.25, 0.3) is 0 Å². The van der Waals surface area contributed by atoms with Gasteiger partial charge >= 0.3 is 0 Å². The zero-order valence-corrected chi connectivity index (χ0v) is 18.0. The molecule has 1 atom stereocenters. The third kappa shape index (κ3) is 6.34. The molecule has 160 valence electrons. The molecule has 5 heteroatoms. The lowest BCUT2D eigenvalue weighted by atomic mass is 10.1. The minimum atomic E-state index is -0.539. The summed E-state index contributed by atoms with van der Waals surface area (Å²) in [4.78, 5) is 27.5. The molecule has 1 aliphatic carbocycles. The van der Waals surface area contributed by atoms with Crippen LogP contribution in [0, 0.1) is 6.92 Å². The van der Waals surface area contributed by atoms with E-state index in [2.05, 4.69) is 5.32 Å². The van der Waals surface area contributed by atoms with E-state index in [1.807, 2.05) is 61.5 Å². The van der Waals surface area contributed by atoms with Crippen LogP contribution in [0.4, 0.5) is 0 Å². The molecular weight excluding hydrogens is 376 g/mol. The number of nitrogens with one attached hydrogen (secondary N) is 1. The molecule has 1 fully saturated rings. The maximum absolute atomic E-state index is 13.0. The summed E-state index contributed by atoms with van der Waals surface area (Å²) >= 11 is 0. The molecule has 2 amide bonds. The van der Waals surface area contributed by atoms with Gasteiger partial charge in [0, 0.05) is 12.6 Å². The van der Waals surface area contributed by atoms with Gasteiger partial charge in [-0.05, 0) is 56.4 Å². The van der Waals surface area contributed by atoms with Gasteiger partial charge in [0.1, 0.15) is 11.8 Å². The Morgan fingerprint density at radius 2 is 1.83 bits per heavy atom. The van der Waals surface area contributed by atoms with Crippen LogP contribution in [0.3, 0.4) is 0 Å². The minimum Gasteiger partial charge on any atom is -0.484 e. The van der Waals surface area contributed by atoms with Gasteiger partial charge in [-0.1, -0.05) is 55.3 Å². The van der Waals surface area contributed by atoms with Crippen molar-refractivity contribution < 1.29 is 14.3 Å². The fraction of sp³-hybridized carbons (Fsp3) is 0.440. The number of rotatable bonds is 9. The number of amides is 2. The van der Waals surface area contributed by atoms with Crippen molar-refractivity contribution in [1.29, 1.82) is 0 Å². The zero-order valence-electron chi connectivity index (χ0n) is 18.0. The Hall–Kier alpha value is -2.82. The van der Waals surface area contributed by atoms with Crippen LogP contribution in [0.5, 0.6) is 5.75 Å². The zero-order chi connectivity index (χ0) is 21.3. The van der Waals surface area contributed by atoms with Gasteiger partial charge in [0.15, 0.2) is 6.61 Å². The summed E-state index contributed by atoms with van der Waals surface area (Å²) in [6.45, 7) is 4.18. The highest BCUT2D eigenvalue weighted by atomic mass is 16.5. The van der Waals surface area contributed by atoms with Crippen molar-refractivity contribution in [2.75, 3.05) is 13.2 Å². The SMILES string of the molecule is Cc1cccc(OCC(=O)N(CCc2ccccc2)C(C)C(=O)NC2CCCC2)c1. The van der Waals surface area contributed by atoms with E-state index < -0.39 is 6.04 Å². The van der Waals surface area contributed by atoms with E-state index in [4.69, 9.17) is 4.74 Å². The van der Waals surface area contributed by atoms with Gasteiger partial charge in [0.25, 0.3) is 5.91 Å². The molecule has 0 radical (unpaired) electrons. The topological polar surface area (TPSA) is 58.6 Å². The van der Waals surface area contributed by atoms with Gasteiger partial charge in [-0.25, -0.2) is 0 Å². The van der Waals surface area contributed by atoms with E-state index in [1.165, 1.54) is 0 Å². The predicted molar refractivity (Wildman–Crippen MR) is 118 cm³/mol. The molecule has 30 heavy (non-hydrogen) atoms. The Balaban J connectivity index is 1.65. The molecular formula is C25H32N2O3. The highest BCUT2D eigenvalue weighted by Gasteiger charge is 2.28. The van der Waals surface area contributed by atoms with Crippen molar-refractivity contribution in [3.8, 4) is 5.75 Å². The molecule has 1 aliphatic rings. The van der Waals surface area contributed by atoms with E-state index in [-0.39, 0.29) is 24.5 Å². The second kappa shape index (κ2) is 10.8. The lowest BCUT2D eigenvalue weighted by molar-refractivity contribution is -0.141. The van der Waals surface area contributed by atoms with Crippen molar-refractivity contribution in [3.63, 3.8) is 0 Å². The fourth-order valence-electron chi connectivity index (χ4n) is 3.90. The second-order valence-electron chi connectivity index (χ2n) is 8.09. The number of hydrogen-bond acceptors (Lipinski definition) is 3. The smallest absolute Gasteiger partial charge is 0.261 e. The third-order valence-electron chi connectivity index (χ3n) is 5.70. The van der Waals surface area contributed by atoms with Crippen molar-refractivity contribution in [2.45, 2.75) is 58.0 Å². The van der Waals surface area contributed by atoms with E-state index in [1.54, 1.807) is 11.8 Å². The number of hydrogen-bond donors (Lipinski definition) is 1. The maximum atomic E-state index is 13.0. The monoisotopic (exact) mass is 408 g/mol. The van der Waals surface area contributed by atoms with Gasteiger partial charge in [-0.3, -0.25) is 9.59 Å². The first-order valence-corrected chi connectivity index (χ1v) is 10.9. The molecule has 3 rings (SSSR count). The Morgan fingerprint density at radius 3 is 2.53 bits per heavy atom. The minimum absolute atomic E-state index is 0.0840. The first-order valence-electron chi connectivity index (χ1n) is 10.9. The highest BCUT2D eigenvalue weighted by molar-refractivity contribution is 5.88. The molecule has 5 nitrogen and oxygen atoms in total. The Morgan fingerprint density at radius 1 is 1.10 bits per heavy atom. The molecule has 0 aromatic heterocycles. The molecule has 1 N–H and O–H groups in total. The van der Waals surface area contributed by atoms with E-state index >= 15 is 0 Å². The van der Waals surface area contributed by atoms with Crippen molar-refractivity contribution in [1.82, 2.24) is 10.2 Å². The van der Waals surface area contributed by atoms with Crippen LogP contribution in [-0.2, 0) is 16.0 Å². The molecule has 0 spiro atoms. The fourth-order valence-corrected chi connectivity index (χ4v) is 3.90. The summed E-state index contributed by atoms with van der Waals surface area (Å²) in [6, 6.07) is 17.3. The lowest BCUT2D eigenvalue weighted by Crippen LogP contribution is -2.51. The number of benzene rings is 2. The number of aryl methyl sites for hydroxylation is 1. The summed E-state index contributed by atoms with van der Waals surface area (Å²) in [5, 5.41) is 3.12. The summed E-state index contributed by atoms with van der Waals surface area (Å²) in [6.07, 6.45) is 5.04. The Kier molecular flexibility index (Phi) is 7.89. The average molecular weight is 409 g/mol. The Labute approximate surface area is 179 Å². The average Bonchev–Trinajstić information content (AvgIpc) is 3.26. The van der Waals surface area contributed by atoms with Gasteiger partial charge in [-0.15, -0.1) is 0 Å². The maximum Gasteiger partial charge on any atom is 0.261 e. The van der Waals surface area contributed by atoms with E-state index in [0.717, 1.165) is 36.8 Å². The summed E-state index contributed by atoms with van der Waals surface area (Å²) in [7, 11) is 0. The van der Waals surface area contributed by atoms with E-state index in [9.17, 15) is 9.59 Å². The molecule has 0 aliphatic heterocycles. The van der Waals surface area contributed by atoms with Gasteiger partial charge in [0.05, 0.1) is 0 Å². The molecule has 2 aromatic carbocycles. The van der Waals surface area contributed by atoms with Crippen molar-refractivity contribution in [3.05, 3.63) is 65.7 Å². The van der Waals surface area contributed by atoms with Crippen LogP contribution in [0.1, 0.15) is 43.7 Å². The quantitative estimate of drug-likeness (QED) is 0.685. The second-order valence-corrected chi connectivity index (χ2v) is 8.09. The van der Waals surface area contributed by atoms with Crippen LogP contribution in [0.2, 0.25) is 0 Å². The lowest BCUT2D eigenvalue weighted by Gasteiger charge is -2.29. The van der Waals surface area contributed by atoms with Gasteiger partial charge in [-0.2, -0.15) is 0 Å². The first kappa shape index (κ1) is 21.9. The number of ether oxygens (including phenoxy) is 1. The van der Waals surface area contributed by atoms with Crippen LogP contribution in [-0.4, -0.2) is 41.9 Å². The van der Waals surface area contributed by atoms with Gasteiger partial charge in [0.2, 0.25) is 5.91 Å². The van der Waals surface area contributed by atoms with E-state index in [0.29, 0.717) is 18.7 Å². The molecule has 0 heterocycles. The highest BCUT2D eigenvalue weighted by Crippen LogP contribution is 2.18. The van der Waals surface area contributed by atoms with Crippen molar-refractivity contribution >= 4 is 11.8 Å². The first-order chi connectivity index (χ1) is 14.5. The molecule has 2 aromatic rings. The number of nitrogens with zero attached hydrogens (tertiary/aromatic N) is 1. The molecule has 0 saturated heterocycles. The normalized spacial score (nSPS) is 14.9. The van der Waals surface area contributed by atoms with Gasteiger partial charge < -0.3 is 15.0 Å². The predicted octanol–water partition coefficient (Wildman–Crippen LogP) is 3.89. The number of carbonyl (C=O) groups is 2. The van der Waals surface area contributed by atoms with Crippen LogP contribution < -0.4 is 10.1 Å². The largest absolute Gasteiger partial charge is 0.484 e.